The second kappa shape index (κ2) is 11.1. The molecule has 6 nitrogen and oxygen atoms in total. The van der Waals surface area contributed by atoms with Crippen molar-refractivity contribution in [1.29, 1.82) is 0 Å². The largest absolute Gasteiger partial charge is 0.263 e. The van der Waals surface area contributed by atoms with Crippen LogP contribution in [0.25, 0.3) is 0 Å². The highest BCUT2D eigenvalue weighted by Crippen LogP contribution is 2.11. The number of H-pyrrole nitrogens is 2. The lowest BCUT2D eigenvalue weighted by molar-refractivity contribution is 0.583. The average Bonchev–Trinajstić information content (AvgIpc) is 3.18. The van der Waals surface area contributed by atoms with Crippen LogP contribution in [-0.4, -0.2) is 30.4 Å². The third-order valence-corrected chi connectivity index (χ3v) is 4.41. The minimum atomic E-state index is 0.620. The van der Waals surface area contributed by atoms with Gasteiger partial charge in [-0.15, -0.1) is 0 Å². The molecule has 6 heteroatoms. The van der Waals surface area contributed by atoms with E-state index in [9.17, 15) is 0 Å². The van der Waals surface area contributed by atoms with Crippen molar-refractivity contribution in [1.82, 2.24) is 30.4 Å². The summed E-state index contributed by atoms with van der Waals surface area (Å²) in [6.45, 7) is 8.81. The number of aromatic amines is 2. The third kappa shape index (κ3) is 8.11. The van der Waals surface area contributed by atoms with E-state index in [1.807, 2.05) is 0 Å². The fourth-order valence-corrected chi connectivity index (χ4v) is 3.12. The summed E-state index contributed by atoms with van der Waals surface area (Å²) in [4.78, 5) is 9.13. The number of nitrogens with zero attached hydrogens (tertiary/aromatic N) is 4. The first-order valence-corrected chi connectivity index (χ1v) is 10.3. The van der Waals surface area contributed by atoms with Crippen molar-refractivity contribution in [3.63, 3.8) is 0 Å². The van der Waals surface area contributed by atoms with Crippen LogP contribution in [0.5, 0.6) is 0 Å². The summed E-state index contributed by atoms with van der Waals surface area (Å²) in [6, 6.07) is 0. The van der Waals surface area contributed by atoms with Gasteiger partial charge in [0.1, 0.15) is 11.6 Å². The summed E-state index contributed by atoms with van der Waals surface area (Å²) in [5.41, 5.74) is 0. The van der Waals surface area contributed by atoms with Crippen LogP contribution in [0.4, 0.5) is 0 Å². The Labute approximate surface area is 158 Å². The maximum absolute atomic E-state index is 4.57. The highest BCUT2D eigenvalue weighted by atomic mass is 15.2. The van der Waals surface area contributed by atoms with Crippen molar-refractivity contribution in [2.75, 3.05) is 0 Å². The van der Waals surface area contributed by atoms with Gasteiger partial charge in [0, 0.05) is 25.7 Å². The summed E-state index contributed by atoms with van der Waals surface area (Å²) >= 11 is 0. The summed E-state index contributed by atoms with van der Waals surface area (Å²) < 4.78 is 0. The maximum Gasteiger partial charge on any atom is 0.150 e. The molecule has 0 aliphatic carbocycles. The molecule has 2 aromatic heterocycles. The molecule has 2 N–H and O–H groups in total. The van der Waals surface area contributed by atoms with Crippen molar-refractivity contribution in [3.8, 4) is 0 Å². The minimum Gasteiger partial charge on any atom is -0.263 e. The van der Waals surface area contributed by atoms with Gasteiger partial charge in [0.25, 0.3) is 0 Å². The van der Waals surface area contributed by atoms with Crippen LogP contribution in [0.1, 0.15) is 89.5 Å². The molecule has 2 heterocycles. The lowest BCUT2D eigenvalue weighted by Gasteiger charge is -2.00. The Morgan fingerprint density at radius 2 is 1.00 bits per heavy atom. The molecule has 0 spiro atoms. The van der Waals surface area contributed by atoms with Crippen LogP contribution in [-0.2, 0) is 25.7 Å². The second-order valence-electron chi connectivity index (χ2n) is 8.21. The van der Waals surface area contributed by atoms with E-state index >= 15 is 0 Å². The number of nitrogens with one attached hydrogen (secondary N) is 2. The standard InChI is InChI=1S/C20H36N6/c1-15(2)13-19-21-17(23-25-19)11-9-7-5-6-8-10-12-18-22-20(26-24-18)14-16(3)4/h15-16H,5-14H2,1-4H3,(H,21,23,25)(H,22,24,26). The summed E-state index contributed by atoms with van der Waals surface area (Å²) in [6.07, 6.45) is 11.4. The molecule has 2 rings (SSSR count). The van der Waals surface area contributed by atoms with Crippen molar-refractivity contribution in [2.24, 2.45) is 11.8 Å². The van der Waals surface area contributed by atoms with Gasteiger partial charge >= 0.3 is 0 Å². The van der Waals surface area contributed by atoms with Crippen LogP contribution in [0, 0.1) is 11.8 Å². The molecule has 0 atom stereocenters. The molecule has 0 saturated heterocycles. The van der Waals surface area contributed by atoms with E-state index in [2.05, 4.69) is 58.1 Å². The van der Waals surface area contributed by atoms with Gasteiger partial charge in [-0.2, -0.15) is 10.2 Å². The Morgan fingerprint density at radius 1 is 0.615 bits per heavy atom. The topological polar surface area (TPSA) is 83.1 Å². The SMILES string of the molecule is CC(C)Cc1nc(CCCCCCCCc2n[nH]c(CC(C)C)n2)n[nH]1. The summed E-state index contributed by atoms with van der Waals surface area (Å²) in [7, 11) is 0. The monoisotopic (exact) mass is 360 g/mol. The highest BCUT2D eigenvalue weighted by molar-refractivity contribution is 4.92. The smallest absolute Gasteiger partial charge is 0.150 e. The van der Waals surface area contributed by atoms with E-state index in [0.29, 0.717) is 11.8 Å². The van der Waals surface area contributed by atoms with E-state index in [1.54, 1.807) is 0 Å². The number of aryl methyl sites for hydroxylation is 2. The quantitative estimate of drug-likeness (QED) is 0.517. The van der Waals surface area contributed by atoms with Gasteiger partial charge < -0.3 is 0 Å². The van der Waals surface area contributed by atoms with Gasteiger partial charge in [-0.1, -0.05) is 53.4 Å². The fourth-order valence-electron chi connectivity index (χ4n) is 3.12. The van der Waals surface area contributed by atoms with Gasteiger partial charge in [0.2, 0.25) is 0 Å². The van der Waals surface area contributed by atoms with Crippen molar-refractivity contribution < 1.29 is 0 Å². The van der Waals surface area contributed by atoms with Crippen molar-refractivity contribution in [2.45, 2.75) is 91.9 Å². The minimum absolute atomic E-state index is 0.620. The van der Waals surface area contributed by atoms with Crippen LogP contribution in [0.2, 0.25) is 0 Å². The Bertz CT molecular complexity index is 559. The molecule has 0 aliphatic heterocycles. The Balaban J connectivity index is 1.48. The summed E-state index contributed by atoms with van der Waals surface area (Å²) in [5.74, 6) is 5.24. The van der Waals surface area contributed by atoms with Gasteiger partial charge in [-0.25, -0.2) is 9.97 Å². The van der Waals surface area contributed by atoms with Crippen LogP contribution in [0.3, 0.4) is 0 Å². The zero-order chi connectivity index (χ0) is 18.8. The molecule has 0 unspecified atom stereocenters. The Hall–Kier alpha value is -1.72. The molecule has 146 valence electrons. The zero-order valence-corrected chi connectivity index (χ0v) is 17.0. The Morgan fingerprint density at radius 3 is 1.38 bits per heavy atom. The zero-order valence-electron chi connectivity index (χ0n) is 17.0. The molecular formula is C20H36N6. The van der Waals surface area contributed by atoms with Crippen LogP contribution >= 0.6 is 0 Å². The number of unbranched alkanes of at least 4 members (excludes halogenated alkanes) is 5. The third-order valence-electron chi connectivity index (χ3n) is 4.41. The molecular weight excluding hydrogens is 324 g/mol. The predicted octanol–water partition coefficient (Wildman–Crippen LogP) is 4.45. The van der Waals surface area contributed by atoms with E-state index in [4.69, 9.17) is 0 Å². The lowest BCUT2D eigenvalue weighted by Crippen LogP contribution is -1.96. The number of hydrogen-bond acceptors (Lipinski definition) is 4. The first-order chi connectivity index (χ1) is 12.5. The van der Waals surface area contributed by atoms with Crippen molar-refractivity contribution in [3.05, 3.63) is 23.3 Å². The van der Waals surface area contributed by atoms with E-state index in [0.717, 1.165) is 49.0 Å². The normalized spacial score (nSPS) is 11.8. The number of hydrogen-bond donors (Lipinski definition) is 2. The predicted molar refractivity (Wildman–Crippen MR) is 105 cm³/mol. The molecule has 2 aromatic rings. The first-order valence-electron chi connectivity index (χ1n) is 10.3. The van der Waals surface area contributed by atoms with Crippen LogP contribution in [0.15, 0.2) is 0 Å². The second-order valence-corrected chi connectivity index (χ2v) is 8.21. The lowest BCUT2D eigenvalue weighted by atomic mass is 10.1. The summed E-state index contributed by atoms with van der Waals surface area (Å²) in [5, 5.41) is 14.7. The van der Waals surface area contributed by atoms with Gasteiger partial charge in [-0.3, -0.25) is 10.2 Å². The molecule has 0 bridgehead atoms. The van der Waals surface area contributed by atoms with Gasteiger partial charge in [-0.05, 0) is 24.7 Å². The molecule has 0 radical (unpaired) electrons. The molecule has 0 aliphatic rings. The van der Waals surface area contributed by atoms with Gasteiger partial charge in [0.15, 0.2) is 11.6 Å². The molecule has 0 saturated carbocycles. The van der Waals surface area contributed by atoms with E-state index in [1.165, 1.54) is 38.5 Å². The highest BCUT2D eigenvalue weighted by Gasteiger charge is 2.06. The fraction of sp³-hybridized carbons (Fsp3) is 0.800. The number of rotatable bonds is 13. The number of aromatic nitrogens is 6. The van der Waals surface area contributed by atoms with Crippen molar-refractivity contribution >= 4 is 0 Å². The Kier molecular flexibility index (Phi) is 8.78. The maximum atomic E-state index is 4.57. The molecule has 0 amide bonds. The van der Waals surface area contributed by atoms with Gasteiger partial charge in [0.05, 0.1) is 0 Å². The molecule has 0 fully saturated rings. The van der Waals surface area contributed by atoms with Crippen LogP contribution < -0.4 is 0 Å². The molecule has 26 heavy (non-hydrogen) atoms. The molecule has 0 aromatic carbocycles. The average molecular weight is 361 g/mol. The first kappa shape index (κ1) is 20.6. The van der Waals surface area contributed by atoms with E-state index in [-0.39, 0.29) is 0 Å². The van der Waals surface area contributed by atoms with E-state index < -0.39 is 0 Å².